The highest BCUT2D eigenvalue weighted by Gasteiger charge is 2.52. The molecule has 0 spiro atoms. The second kappa shape index (κ2) is 5.06. The summed E-state index contributed by atoms with van der Waals surface area (Å²) >= 11 is 0. The lowest BCUT2D eigenvalue weighted by molar-refractivity contribution is -0.154. The van der Waals surface area contributed by atoms with E-state index in [1.54, 1.807) is 6.20 Å². The first-order valence-electron chi connectivity index (χ1n) is 8.30. The number of carboxylic acids is 1. The van der Waals surface area contributed by atoms with E-state index in [1.165, 1.54) is 13.0 Å². The van der Waals surface area contributed by atoms with Crippen molar-refractivity contribution in [3.63, 3.8) is 0 Å². The summed E-state index contributed by atoms with van der Waals surface area (Å²) in [6.45, 7) is 3.81. The quantitative estimate of drug-likeness (QED) is 0.794. The zero-order valence-electron chi connectivity index (χ0n) is 13.7. The molecule has 24 heavy (non-hydrogen) atoms. The van der Waals surface area contributed by atoms with Crippen LogP contribution in [-0.4, -0.2) is 45.4 Å². The van der Waals surface area contributed by atoms with Gasteiger partial charge in [0.1, 0.15) is 23.0 Å². The number of carbonyl (C=O) groups excluding carboxylic acids is 1. The number of nitrogens with zero attached hydrogens (tertiary/aromatic N) is 2. The van der Waals surface area contributed by atoms with E-state index in [9.17, 15) is 14.7 Å². The molecule has 3 aliphatic rings. The minimum Gasteiger partial charge on any atom is -0.486 e. The fourth-order valence-electron chi connectivity index (χ4n) is 4.13. The van der Waals surface area contributed by atoms with Crippen molar-refractivity contribution in [2.24, 2.45) is 11.3 Å². The van der Waals surface area contributed by atoms with Gasteiger partial charge in [0.05, 0.1) is 11.7 Å². The molecule has 1 fully saturated rings. The lowest BCUT2D eigenvalue weighted by Crippen LogP contribution is -2.54. The van der Waals surface area contributed by atoms with Crippen molar-refractivity contribution in [1.82, 2.24) is 9.88 Å². The molecule has 1 saturated carbocycles. The largest absolute Gasteiger partial charge is 0.486 e. The monoisotopic (exact) mass is 328 g/mol. The second-order valence-electron chi connectivity index (χ2n) is 7.21. The summed E-state index contributed by atoms with van der Waals surface area (Å²) in [5.41, 5.74) is -0.120. The van der Waals surface area contributed by atoms with Crippen LogP contribution in [0.25, 0.3) is 5.70 Å². The molecule has 1 aliphatic carbocycles. The van der Waals surface area contributed by atoms with Gasteiger partial charge in [0.15, 0.2) is 5.78 Å². The number of rotatable bonds is 1. The number of ketones is 1. The Morgan fingerprint density at radius 1 is 1.46 bits per heavy atom. The number of pyridine rings is 1. The van der Waals surface area contributed by atoms with Crippen LogP contribution in [0.4, 0.5) is 0 Å². The first-order chi connectivity index (χ1) is 11.4. The third kappa shape index (κ3) is 1.98. The summed E-state index contributed by atoms with van der Waals surface area (Å²) < 4.78 is 6.20. The van der Waals surface area contributed by atoms with Crippen molar-refractivity contribution in [1.29, 1.82) is 0 Å². The molecular formula is C18H20N2O4. The molecule has 4 atom stereocenters. The van der Waals surface area contributed by atoms with E-state index in [0.29, 0.717) is 23.1 Å². The summed E-state index contributed by atoms with van der Waals surface area (Å²) in [4.78, 5) is 30.8. The predicted molar refractivity (Wildman–Crippen MR) is 86.3 cm³/mol. The first kappa shape index (κ1) is 15.2. The Morgan fingerprint density at radius 2 is 2.25 bits per heavy atom. The van der Waals surface area contributed by atoms with Gasteiger partial charge < -0.3 is 14.7 Å². The average molecular weight is 328 g/mol. The third-order valence-electron chi connectivity index (χ3n) is 5.60. The maximum absolute atomic E-state index is 12.6. The van der Waals surface area contributed by atoms with Gasteiger partial charge in [-0.3, -0.25) is 14.6 Å². The molecule has 6 heteroatoms. The summed E-state index contributed by atoms with van der Waals surface area (Å²) in [6.07, 6.45) is 5.04. The van der Waals surface area contributed by atoms with Gasteiger partial charge in [0.25, 0.3) is 0 Å². The van der Waals surface area contributed by atoms with E-state index in [4.69, 9.17) is 4.74 Å². The van der Waals surface area contributed by atoms with E-state index in [1.807, 2.05) is 12.1 Å². The van der Waals surface area contributed by atoms with Gasteiger partial charge in [0, 0.05) is 18.8 Å². The van der Waals surface area contributed by atoms with E-state index < -0.39 is 11.4 Å². The first-order valence-corrected chi connectivity index (χ1v) is 8.30. The Morgan fingerprint density at radius 3 is 3.00 bits per heavy atom. The minimum atomic E-state index is -1.43. The Balaban J connectivity index is 1.91. The molecule has 1 aromatic rings. The van der Waals surface area contributed by atoms with Crippen LogP contribution in [0.15, 0.2) is 24.4 Å². The Bertz CT molecular complexity index is 759. The van der Waals surface area contributed by atoms with Gasteiger partial charge in [-0.2, -0.15) is 0 Å². The second-order valence-corrected chi connectivity index (χ2v) is 7.21. The molecule has 4 rings (SSSR count). The number of allylic oxidation sites excluding steroid dienone is 1. The molecule has 0 saturated heterocycles. The number of aliphatic carboxylic acids is 1. The van der Waals surface area contributed by atoms with Gasteiger partial charge in [-0.25, -0.2) is 0 Å². The van der Waals surface area contributed by atoms with Crippen LogP contribution in [0, 0.1) is 11.3 Å². The van der Waals surface area contributed by atoms with Crippen molar-refractivity contribution in [3.8, 4) is 5.75 Å². The summed E-state index contributed by atoms with van der Waals surface area (Å²) in [5.74, 6) is -0.445. The number of fused-ring (bicyclic) bond motifs is 5. The maximum atomic E-state index is 12.6. The number of carbonyl (C=O) groups is 2. The fourth-order valence-corrected chi connectivity index (χ4v) is 4.13. The van der Waals surface area contributed by atoms with Gasteiger partial charge >= 0.3 is 5.97 Å². The van der Waals surface area contributed by atoms with Crippen LogP contribution < -0.4 is 4.74 Å². The lowest BCUT2D eigenvalue weighted by Gasteiger charge is -2.42. The van der Waals surface area contributed by atoms with Crippen LogP contribution in [0.1, 0.15) is 32.4 Å². The molecular weight excluding hydrogens is 308 g/mol. The van der Waals surface area contributed by atoms with Crippen molar-refractivity contribution in [2.45, 2.75) is 38.8 Å². The van der Waals surface area contributed by atoms with E-state index in [0.717, 1.165) is 12.8 Å². The predicted octanol–water partition coefficient (Wildman–Crippen LogP) is 1.96. The molecule has 3 heterocycles. The Labute approximate surface area is 140 Å². The third-order valence-corrected chi connectivity index (χ3v) is 5.60. The Hall–Kier alpha value is -2.37. The standard InChI is InChI=1S/C18H20N2O4/c1-10-5-6-13-16(10)20-9-18(2,17(22)23)14(21)8-11(20)15-12(24-13)4-3-7-19-15/h3-4,7-8,10,13,16H,5-6,9H2,1-2H3,(H,22,23). The van der Waals surface area contributed by atoms with E-state index in [-0.39, 0.29) is 24.5 Å². The maximum Gasteiger partial charge on any atom is 0.319 e. The normalized spacial score (nSPS) is 34.4. The number of hydrogen-bond acceptors (Lipinski definition) is 5. The molecule has 1 aromatic heterocycles. The molecule has 0 amide bonds. The lowest BCUT2D eigenvalue weighted by atomic mass is 9.80. The van der Waals surface area contributed by atoms with Crippen molar-refractivity contribution in [2.75, 3.05) is 6.54 Å². The fraction of sp³-hybridized carbons (Fsp3) is 0.500. The van der Waals surface area contributed by atoms with Gasteiger partial charge in [-0.1, -0.05) is 6.92 Å². The smallest absolute Gasteiger partial charge is 0.319 e. The van der Waals surface area contributed by atoms with Gasteiger partial charge in [-0.15, -0.1) is 0 Å². The number of aromatic nitrogens is 1. The number of ether oxygens (including phenoxy) is 1. The van der Waals surface area contributed by atoms with Crippen LogP contribution in [-0.2, 0) is 9.59 Å². The summed E-state index contributed by atoms with van der Waals surface area (Å²) in [6, 6.07) is 3.73. The average Bonchev–Trinajstić information content (AvgIpc) is 2.84. The minimum absolute atomic E-state index is 0.0138. The highest BCUT2D eigenvalue weighted by atomic mass is 16.5. The molecule has 2 aliphatic heterocycles. The summed E-state index contributed by atoms with van der Waals surface area (Å²) in [5, 5.41) is 9.61. The van der Waals surface area contributed by atoms with Crippen molar-refractivity contribution in [3.05, 3.63) is 30.1 Å². The van der Waals surface area contributed by atoms with Crippen molar-refractivity contribution < 1.29 is 19.4 Å². The molecule has 4 unspecified atom stereocenters. The highest BCUT2D eigenvalue weighted by Crippen LogP contribution is 2.45. The van der Waals surface area contributed by atoms with Crippen LogP contribution in [0.5, 0.6) is 5.75 Å². The van der Waals surface area contributed by atoms with Gasteiger partial charge in [0.2, 0.25) is 0 Å². The molecule has 0 radical (unpaired) electrons. The molecule has 0 bridgehead atoms. The van der Waals surface area contributed by atoms with E-state index in [2.05, 4.69) is 16.8 Å². The van der Waals surface area contributed by atoms with Crippen LogP contribution in [0.2, 0.25) is 0 Å². The number of carboxylic acid groups (broad SMARTS) is 1. The SMILES string of the molecule is CC1CCC2Oc3cccnc3C3=CC(=O)C(C)(C(=O)O)CN3C12. The van der Waals surface area contributed by atoms with E-state index >= 15 is 0 Å². The molecule has 126 valence electrons. The molecule has 6 nitrogen and oxygen atoms in total. The number of hydrogen-bond donors (Lipinski definition) is 1. The van der Waals surface area contributed by atoms with Crippen LogP contribution in [0.3, 0.4) is 0 Å². The van der Waals surface area contributed by atoms with Crippen LogP contribution >= 0.6 is 0 Å². The summed E-state index contributed by atoms with van der Waals surface area (Å²) in [7, 11) is 0. The molecule has 0 aromatic carbocycles. The van der Waals surface area contributed by atoms with Gasteiger partial charge in [-0.05, 0) is 37.8 Å². The topological polar surface area (TPSA) is 79.7 Å². The van der Waals surface area contributed by atoms with Crippen molar-refractivity contribution >= 4 is 17.4 Å². The zero-order valence-corrected chi connectivity index (χ0v) is 13.7. The zero-order chi connectivity index (χ0) is 17.1. The Kier molecular flexibility index (Phi) is 3.20. The molecule has 1 N–H and O–H groups in total. The highest BCUT2D eigenvalue weighted by molar-refractivity contribution is 6.12.